The molecular weight excluding hydrogens is 483 g/mol. The molecule has 38 heavy (non-hydrogen) atoms. The lowest BCUT2D eigenvalue weighted by molar-refractivity contribution is -0.137. The molecule has 0 radical (unpaired) electrons. The molecule has 1 atom stereocenters. The number of hydrogen-bond donors (Lipinski definition) is 1. The quantitative estimate of drug-likeness (QED) is 0.296. The Morgan fingerprint density at radius 1 is 1.00 bits per heavy atom. The Morgan fingerprint density at radius 2 is 1.74 bits per heavy atom. The van der Waals surface area contributed by atoms with Crippen molar-refractivity contribution in [2.75, 3.05) is 19.6 Å². The molecule has 3 rings (SSSR count). The van der Waals surface area contributed by atoms with Crippen molar-refractivity contribution >= 4 is 0 Å². The Morgan fingerprint density at radius 3 is 2.45 bits per heavy atom. The van der Waals surface area contributed by atoms with Crippen LogP contribution in [0.15, 0.2) is 71.6 Å². The first-order valence-corrected chi connectivity index (χ1v) is 14.2. The number of nitrogens with zero attached hydrogens (tertiary/aromatic N) is 2. The molecule has 0 amide bonds. The van der Waals surface area contributed by atoms with E-state index in [2.05, 4.69) is 67.9 Å². The van der Waals surface area contributed by atoms with E-state index in [4.69, 9.17) is 5.73 Å². The molecule has 0 aromatic heterocycles. The summed E-state index contributed by atoms with van der Waals surface area (Å²) >= 11 is 0. The van der Waals surface area contributed by atoms with E-state index >= 15 is 0 Å². The molecule has 3 nitrogen and oxygen atoms in total. The topological polar surface area (TPSA) is 32.5 Å². The van der Waals surface area contributed by atoms with Crippen LogP contribution >= 0.6 is 0 Å². The summed E-state index contributed by atoms with van der Waals surface area (Å²) in [6.45, 7) is 11.9. The van der Waals surface area contributed by atoms with E-state index in [-0.39, 0.29) is 11.5 Å². The predicted octanol–water partition coefficient (Wildman–Crippen LogP) is 8.21. The van der Waals surface area contributed by atoms with Gasteiger partial charge in [-0.1, -0.05) is 89.1 Å². The fourth-order valence-electron chi connectivity index (χ4n) is 5.63. The van der Waals surface area contributed by atoms with Crippen LogP contribution in [0.4, 0.5) is 13.2 Å². The van der Waals surface area contributed by atoms with E-state index in [0.29, 0.717) is 12.1 Å². The Hall–Kier alpha value is -2.47. The minimum absolute atomic E-state index is 0.0139. The van der Waals surface area contributed by atoms with Crippen LogP contribution in [0, 0.1) is 5.41 Å². The van der Waals surface area contributed by atoms with Gasteiger partial charge in [-0.15, -0.1) is 0 Å². The molecule has 0 spiro atoms. The Balaban J connectivity index is 2.01. The summed E-state index contributed by atoms with van der Waals surface area (Å²) in [6.07, 6.45) is 13.1. The molecule has 0 aliphatic heterocycles. The number of halogens is 3. The fraction of sp³-hybridized carbons (Fsp3) is 0.562. The van der Waals surface area contributed by atoms with Crippen LogP contribution in [0.2, 0.25) is 0 Å². The smallest absolute Gasteiger partial charge is 0.401 e. The van der Waals surface area contributed by atoms with Crippen LogP contribution in [0.25, 0.3) is 0 Å². The lowest BCUT2D eigenvalue weighted by Crippen LogP contribution is -2.49. The largest absolute Gasteiger partial charge is 0.416 e. The Kier molecular flexibility index (Phi) is 10.7. The molecule has 2 aliphatic carbocycles. The molecular formula is C32H46F3N3. The van der Waals surface area contributed by atoms with Gasteiger partial charge < -0.3 is 10.6 Å². The molecule has 0 saturated heterocycles. The van der Waals surface area contributed by atoms with E-state index in [0.717, 1.165) is 76.3 Å². The maximum absolute atomic E-state index is 13.5. The summed E-state index contributed by atoms with van der Waals surface area (Å²) in [5, 5.41) is 0. The number of benzene rings is 1. The van der Waals surface area contributed by atoms with Crippen molar-refractivity contribution in [3.63, 3.8) is 0 Å². The molecule has 0 saturated carbocycles. The van der Waals surface area contributed by atoms with E-state index in [1.54, 1.807) is 0 Å². The van der Waals surface area contributed by atoms with Crippen LogP contribution in [0.3, 0.4) is 0 Å². The minimum atomic E-state index is -4.35. The van der Waals surface area contributed by atoms with Crippen molar-refractivity contribution in [2.45, 2.75) is 91.4 Å². The first kappa shape index (κ1) is 30.1. The lowest BCUT2D eigenvalue weighted by Gasteiger charge is -2.47. The third-order valence-electron chi connectivity index (χ3n) is 7.53. The zero-order valence-corrected chi connectivity index (χ0v) is 23.7. The first-order valence-electron chi connectivity index (χ1n) is 14.2. The first-order chi connectivity index (χ1) is 18.0. The number of alkyl halides is 3. The highest BCUT2D eigenvalue weighted by Gasteiger charge is 2.39. The average molecular weight is 530 g/mol. The zero-order chi connectivity index (χ0) is 27.8. The summed E-state index contributed by atoms with van der Waals surface area (Å²) in [5.41, 5.74) is 10.5. The van der Waals surface area contributed by atoms with Gasteiger partial charge in [-0.2, -0.15) is 13.2 Å². The second kappa shape index (κ2) is 13.5. The molecule has 210 valence electrons. The molecule has 2 aliphatic rings. The van der Waals surface area contributed by atoms with E-state index in [1.165, 1.54) is 23.4 Å². The summed E-state index contributed by atoms with van der Waals surface area (Å²) in [4.78, 5) is 4.87. The highest BCUT2D eigenvalue weighted by Crippen LogP contribution is 2.41. The Bertz CT molecular complexity index is 1030. The van der Waals surface area contributed by atoms with Crippen molar-refractivity contribution in [2.24, 2.45) is 11.1 Å². The van der Waals surface area contributed by atoms with Crippen molar-refractivity contribution < 1.29 is 13.2 Å². The zero-order valence-electron chi connectivity index (χ0n) is 23.7. The third-order valence-corrected chi connectivity index (χ3v) is 7.53. The van der Waals surface area contributed by atoms with Crippen molar-refractivity contribution in [1.82, 2.24) is 9.80 Å². The fourth-order valence-corrected chi connectivity index (χ4v) is 5.63. The summed E-state index contributed by atoms with van der Waals surface area (Å²) < 4.78 is 40.5. The molecule has 0 fully saturated rings. The van der Waals surface area contributed by atoms with Crippen molar-refractivity contribution in [3.8, 4) is 0 Å². The van der Waals surface area contributed by atoms with Crippen LogP contribution < -0.4 is 5.73 Å². The lowest BCUT2D eigenvalue weighted by atomic mass is 9.75. The molecule has 2 N–H and O–H groups in total. The van der Waals surface area contributed by atoms with Crippen LogP contribution in [0.5, 0.6) is 0 Å². The van der Waals surface area contributed by atoms with Gasteiger partial charge >= 0.3 is 6.18 Å². The number of allylic oxidation sites excluding steroid dienone is 6. The van der Waals surface area contributed by atoms with E-state index in [9.17, 15) is 13.2 Å². The summed E-state index contributed by atoms with van der Waals surface area (Å²) in [7, 11) is 0. The number of rotatable bonds is 12. The second-order valence-corrected chi connectivity index (χ2v) is 11.6. The van der Waals surface area contributed by atoms with Gasteiger partial charge in [-0.3, -0.25) is 4.90 Å². The highest BCUT2D eigenvalue weighted by molar-refractivity contribution is 5.30. The number of nitrogens with two attached hydrogens (primary N) is 1. The highest BCUT2D eigenvalue weighted by atomic mass is 19.4. The molecule has 1 unspecified atom stereocenters. The molecule has 6 heteroatoms. The summed E-state index contributed by atoms with van der Waals surface area (Å²) in [6, 6.07) is 5.86. The van der Waals surface area contributed by atoms with E-state index in [1.807, 2.05) is 6.07 Å². The second-order valence-electron chi connectivity index (χ2n) is 11.6. The van der Waals surface area contributed by atoms with Gasteiger partial charge in [-0.05, 0) is 61.3 Å². The van der Waals surface area contributed by atoms with Crippen LogP contribution in [-0.2, 0) is 12.7 Å². The molecule has 0 heterocycles. The molecule has 1 aromatic rings. The predicted molar refractivity (Wildman–Crippen MR) is 152 cm³/mol. The standard InChI is InChI=1S/C32H46F3N3/c1-5-7-18-37(24-26-16-13-17-27(20-26)32(33,34)35)29-22-31(3,4)21-28(36)30(29)38(19-8-6-2)23-25-14-11-9-10-12-15-25/h9-14,16-17,20,29H,5-8,15,18-19,21-24,36H2,1-4H3. The number of unbranched alkanes of at least 4 members (excludes halogenated alkanes) is 2. The van der Waals surface area contributed by atoms with Crippen LogP contribution in [0.1, 0.15) is 83.8 Å². The maximum Gasteiger partial charge on any atom is 0.416 e. The monoisotopic (exact) mass is 529 g/mol. The van der Waals surface area contributed by atoms with Gasteiger partial charge in [0, 0.05) is 25.3 Å². The van der Waals surface area contributed by atoms with Gasteiger partial charge in [0.15, 0.2) is 0 Å². The van der Waals surface area contributed by atoms with Crippen LogP contribution in [-0.4, -0.2) is 35.5 Å². The van der Waals surface area contributed by atoms with Gasteiger partial charge in [0.2, 0.25) is 0 Å². The summed E-state index contributed by atoms with van der Waals surface area (Å²) in [5.74, 6) is 0. The average Bonchev–Trinajstić information content (AvgIpc) is 3.12. The third kappa shape index (κ3) is 8.52. The van der Waals surface area contributed by atoms with Gasteiger partial charge in [0.05, 0.1) is 17.3 Å². The number of hydrogen-bond acceptors (Lipinski definition) is 3. The maximum atomic E-state index is 13.5. The van der Waals surface area contributed by atoms with Gasteiger partial charge in [0.25, 0.3) is 0 Å². The van der Waals surface area contributed by atoms with Gasteiger partial charge in [0.1, 0.15) is 0 Å². The van der Waals surface area contributed by atoms with Crippen molar-refractivity contribution in [3.05, 3.63) is 82.7 Å². The normalized spacial score (nSPS) is 19.6. The molecule has 1 aromatic carbocycles. The molecule has 0 bridgehead atoms. The van der Waals surface area contributed by atoms with Gasteiger partial charge in [-0.25, -0.2) is 0 Å². The van der Waals surface area contributed by atoms with Crippen molar-refractivity contribution in [1.29, 1.82) is 0 Å². The SMILES string of the molecule is CCCCN(CC1=CC=CC=CC1)C1=C(N)CC(C)(C)CC1N(CCCC)Cc1cccc(C(F)(F)F)c1. The van der Waals surface area contributed by atoms with E-state index < -0.39 is 11.7 Å². The minimum Gasteiger partial charge on any atom is -0.401 e. The Labute approximate surface area is 228 Å².